The maximum atomic E-state index is 13.3. The van der Waals surface area contributed by atoms with Gasteiger partial charge in [0.1, 0.15) is 23.6 Å². The first-order valence-electron chi connectivity index (χ1n) is 22.0. The predicted molar refractivity (Wildman–Crippen MR) is 284 cm³/mol. The maximum Gasteiger partial charge on any atom is 0.416 e. The number of halogens is 7. The molecule has 2 saturated heterocycles. The molecular formula is C50H54ClF6N8O6P2S2-. The molecule has 1 unspecified atom stereocenters. The van der Waals surface area contributed by atoms with Crippen molar-refractivity contribution < 1.29 is 52.7 Å². The SMILES string of the molecule is C.C.Cc1ccc(S(=O)(=O)n2ccc3c(Cl)ncnc32)cc1.Cc1ccc(S(=O)(=O)n2ccc3c(N4CCOC[C@@H]4c4ccc(C(F)(F)F)cc4)ncnc32)cc1.FC(F)(F)c1ccc([C@H]2COCCN2)cc1.[PH-]P. The summed E-state index contributed by atoms with van der Waals surface area (Å²) in [6.07, 6.45) is -3.29. The lowest BCUT2D eigenvalue weighted by atomic mass is 10.0. The first kappa shape index (κ1) is 60.3. The molecule has 0 radical (unpaired) electrons. The number of nitrogens with one attached hydrogen (secondary N) is 1. The molecule has 0 bridgehead atoms. The summed E-state index contributed by atoms with van der Waals surface area (Å²) >= 11 is 5.93. The molecule has 8 aromatic rings. The number of hydrogen-bond acceptors (Lipinski definition) is 12. The van der Waals surface area contributed by atoms with Gasteiger partial charge >= 0.3 is 12.4 Å². The second kappa shape index (κ2) is 25.5. The van der Waals surface area contributed by atoms with E-state index in [1.165, 1.54) is 49.3 Å². The fourth-order valence-electron chi connectivity index (χ4n) is 7.79. The highest BCUT2D eigenvalue weighted by molar-refractivity contribution is 7.92. The van der Waals surface area contributed by atoms with E-state index in [1.54, 1.807) is 60.7 Å². The van der Waals surface area contributed by atoms with E-state index in [1.807, 2.05) is 18.7 Å². The summed E-state index contributed by atoms with van der Waals surface area (Å²) in [5.74, 6) is 0.487. The van der Waals surface area contributed by atoms with Crippen LogP contribution in [0.1, 0.15) is 60.3 Å². The van der Waals surface area contributed by atoms with Gasteiger partial charge in [0.05, 0.1) is 70.2 Å². The third kappa shape index (κ3) is 13.9. The molecule has 14 nitrogen and oxygen atoms in total. The average Bonchev–Trinajstić information content (AvgIpc) is 4.05. The molecule has 0 aliphatic carbocycles. The number of benzene rings is 4. The summed E-state index contributed by atoms with van der Waals surface area (Å²) in [7, 11) is -2.47. The van der Waals surface area contributed by atoms with E-state index in [0.29, 0.717) is 48.5 Å². The Morgan fingerprint density at radius 2 is 1.07 bits per heavy atom. The lowest BCUT2D eigenvalue weighted by molar-refractivity contribution is -0.138. The van der Waals surface area contributed by atoms with Gasteiger partial charge in [-0.05, 0) is 85.6 Å². The largest absolute Gasteiger partial charge is 0.533 e. The van der Waals surface area contributed by atoms with Gasteiger partial charge in [0.25, 0.3) is 20.0 Å². The number of ether oxygens (including phenoxy) is 2. The van der Waals surface area contributed by atoms with Gasteiger partial charge < -0.3 is 37.5 Å². The van der Waals surface area contributed by atoms with Gasteiger partial charge in [-0.1, -0.05) is 86.1 Å². The zero-order chi connectivity index (χ0) is 52.7. The Bertz CT molecular complexity index is 3370. The maximum absolute atomic E-state index is 13.3. The summed E-state index contributed by atoms with van der Waals surface area (Å²) < 4.78 is 141. The van der Waals surface area contributed by atoms with Crippen molar-refractivity contribution in [1.82, 2.24) is 33.2 Å². The highest BCUT2D eigenvalue weighted by atomic mass is 35.5. The summed E-state index contributed by atoms with van der Waals surface area (Å²) in [6.45, 7) is 6.72. The minimum absolute atomic E-state index is 0. The van der Waals surface area contributed by atoms with Crippen molar-refractivity contribution in [2.75, 3.05) is 44.4 Å². The van der Waals surface area contributed by atoms with E-state index >= 15 is 0 Å². The zero-order valence-corrected chi connectivity index (χ0v) is 43.3. The van der Waals surface area contributed by atoms with Gasteiger partial charge in [-0.25, -0.2) is 44.7 Å². The highest BCUT2D eigenvalue weighted by Gasteiger charge is 2.33. The second-order valence-corrected chi connectivity index (χ2v) is 20.3. The second-order valence-electron chi connectivity index (χ2n) is 16.3. The Hall–Kier alpha value is -5.57. The van der Waals surface area contributed by atoms with Crippen molar-refractivity contribution in [1.29, 1.82) is 0 Å². The Balaban J connectivity index is 0.000000221. The Morgan fingerprint density at radius 1 is 0.613 bits per heavy atom. The number of aromatic nitrogens is 6. The number of hydrogen-bond donors (Lipinski definition) is 1. The van der Waals surface area contributed by atoms with Crippen LogP contribution in [0.15, 0.2) is 144 Å². The molecule has 402 valence electrons. The molecule has 25 heteroatoms. The fraction of sp³-hybridized carbons (Fsp3) is 0.280. The van der Waals surface area contributed by atoms with Crippen molar-refractivity contribution in [3.63, 3.8) is 0 Å². The van der Waals surface area contributed by atoms with Crippen molar-refractivity contribution >= 4 is 77.4 Å². The third-order valence-electron chi connectivity index (χ3n) is 11.6. The number of alkyl halides is 6. The zero-order valence-electron chi connectivity index (χ0n) is 38.7. The van der Waals surface area contributed by atoms with Crippen LogP contribution in [-0.4, -0.2) is 84.2 Å². The van der Waals surface area contributed by atoms with E-state index in [0.717, 1.165) is 55.4 Å². The van der Waals surface area contributed by atoms with Crippen LogP contribution in [0.4, 0.5) is 32.2 Å². The first-order valence-corrected chi connectivity index (χ1v) is 27.5. The molecule has 10 rings (SSSR count). The van der Waals surface area contributed by atoms with Gasteiger partial charge in [-0.2, -0.15) is 26.3 Å². The van der Waals surface area contributed by atoms with Crippen molar-refractivity contribution in [2.24, 2.45) is 0 Å². The quantitative estimate of drug-likeness (QED) is 0.0914. The molecule has 0 amide bonds. The van der Waals surface area contributed by atoms with Crippen LogP contribution in [-0.2, 0) is 41.9 Å². The van der Waals surface area contributed by atoms with Crippen LogP contribution < -0.4 is 10.2 Å². The highest BCUT2D eigenvalue weighted by Crippen LogP contribution is 2.36. The minimum Gasteiger partial charge on any atom is -0.533 e. The Kier molecular flexibility index (Phi) is 20.5. The van der Waals surface area contributed by atoms with E-state index in [-0.39, 0.29) is 53.7 Å². The van der Waals surface area contributed by atoms with Crippen molar-refractivity contribution in [2.45, 2.75) is 62.9 Å². The fourth-order valence-corrected chi connectivity index (χ4v) is 10.6. The summed E-state index contributed by atoms with van der Waals surface area (Å²) in [4.78, 5) is 18.7. The van der Waals surface area contributed by atoms with E-state index in [9.17, 15) is 43.2 Å². The molecule has 1 N–H and O–H groups in total. The Morgan fingerprint density at radius 3 is 1.55 bits per heavy atom. The average molecular weight is 1140 g/mol. The molecule has 6 heterocycles. The Labute approximate surface area is 441 Å². The summed E-state index contributed by atoms with van der Waals surface area (Å²) in [5, 5.41) is 4.44. The molecule has 2 aliphatic heterocycles. The van der Waals surface area contributed by atoms with Gasteiger partial charge in [-0.3, -0.25) is 0 Å². The van der Waals surface area contributed by atoms with Gasteiger partial charge in [0, 0.05) is 25.5 Å². The molecule has 4 aromatic heterocycles. The smallest absolute Gasteiger partial charge is 0.416 e. The number of rotatable bonds is 7. The molecule has 3 atom stereocenters. The lowest BCUT2D eigenvalue weighted by Gasteiger charge is -2.37. The van der Waals surface area contributed by atoms with Crippen LogP contribution in [0.25, 0.3) is 22.1 Å². The van der Waals surface area contributed by atoms with Crippen LogP contribution in [0.2, 0.25) is 5.15 Å². The topological polar surface area (TPSA) is 163 Å². The van der Waals surface area contributed by atoms with Crippen LogP contribution >= 0.6 is 29.5 Å². The number of morpholine rings is 2. The van der Waals surface area contributed by atoms with Crippen LogP contribution in [0, 0.1) is 13.8 Å². The normalized spacial score (nSPS) is 16.0. The first-order chi connectivity index (χ1) is 34.7. The van der Waals surface area contributed by atoms with E-state index < -0.39 is 49.6 Å². The van der Waals surface area contributed by atoms with Crippen LogP contribution in [0.3, 0.4) is 0 Å². The number of fused-ring (bicyclic) bond motifs is 2. The summed E-state index contributed by atoms with van der Waals surface area (Å²) in [6, 6.07) is 26.1. The molecule has 2 aliphatic rings. The molecule has 0 saturated carbocycles. The van der Waals surface area contributed by atoms with E-state index in [2.05, 4.69) is 43.1 Å². The lowest BCUT2D eigenvalue weighted by Crippen LogP contribution is -2.40. The predicted octanol–water partition coefficient (Wildman–Crippen LogP) is 11.8. The standard InChI is InChI=1S/C24H21F3N4O3S.C13H10ClN3O2S.C11H12F3NO.2CH4.H3P2/c1-16-2-8-19(9-3-16)35(32,33)31-11-10-20-22(28-15-29-23(20)31)30-12-13-34-14-21(30)17-4-6-18(7-5-17)24(25,26)27;1-9-2-4-10(5-3-9)20(18,19)17-7-6-11-12(14)15-8-16-13(11)17;12-11(13,14)9-3-1-8(2-4-9)10-7-16-6-5-15-10;;;1-2/h2-11,15,21H,12-14H2,1H3;2-8H,1H3;1-4,10,15H,5-7H2;2*1H4;1H,2H2/q;;;;;-1/t21-;;10-;;;/m1.1.../s1. The third-order valence-corrected chi connectivity index (χ3v) is 15.2. The van der Waals surface area contributed by atoms with Crippen molar-refractivity contribution in [3.8, 4) is 0 Å². The van der Waals surface area contributed by atoms with Gasteiger partial charge in [0.2, 0.25) is 0 Å². The van der Waals surface area contributed by atoms with Crippen molar-refractivity contribution in [3.05, 3.63) is 173 Å². The monoisotopic (exact) mass is 1140 g/mol. The van der Waals surface area contributed by atoms with E-state index in [4.69, 9.17) is 21.1 Å². The van der Waals surface area contributed by atoms with Gasteiger partial charge in [-0.15, -0.1) is 0 Å². The molecule has 0 spiro atoms. The molecule has 75 heavy (non-hydrogen) atoms. The molecular weight excluding hydrogens is 1080 g/mol. The molecule has 2 fully saturated rings. The van der Waals surface area contributed by atoms with Gasteiger partial charge in [0.15, 0.2) is 11.3 Å². The summed E-state index contributed by atoms with van der Waals surface area (Å²) in [5.41, 5.74) is 2.53. The minimum atomic E-state index is -4.42. The molecule has 4 aromatic carbocycles. The van der Waals surface area contributed by atoms with Crippen LogP contribution in [0.5, 0.6) is 0 Å². The number of aryl methyl sites for hydroxylation is 2. The number of nitrogens with zero attached hydrogens (tertiary/aromatic N) is 7. The number of anilines is 1.